The molecule has 6 nitrogen and oxygen atoms in total. The Labute approximate surface area is 119 Å². The van der Waals surface area contributed by atoms with Gasteiger partial charge in [0.05, 0.1) is 4.92 Å². The fourth-order valence-corrected chi connectivity index (χ4v) is 2.64. The quantitative estimate of drug-likeness (QED) is 0.660. The smallest absolute Gasteiger partial charge is 0.310 e. The Hall–Kier alpha value is -1.69. The van der Waals surface area contributed by atoms with Crippen LogP contribution in [0.15, 0.2) is 18.5 Å². The summed E-state index contributed by atoms with van der Waals surface area (Å²) < 4.78 is 0. The number of anilines is 1. The summed E-state index contributed by atoms with van der Waals surface area (Å²) >= 11 is 0. The lowest BCUT2D eigenvalue weighted by molar-refractivity contribution is -0.384. The molecule has 2 rings (SSSR count). The summed E-state index contributed by atoms with van der Waals surface area (Å²) in [4.78, 5) is 16.7. The van der Waals surface area contributed by atoms with Crippen molar-refractivity contribution in [2.24, 2.45) is 5.92 Å². The minimum absolute atomic E-state index is 0.102. The Morgan fingerprint density at radius 3 is 3.10 bits per heavy atom. The number of nitro groups is 1. The molecule has 1 atom stereocenters. The molecule has 1 aliphatic rings. The van der Waals surface area contributed by atoms with Gasteiger partial charge in [-0.2, -0.15) is 0 Å². The number of piperidine rings is 1. The van der Waals surface area contributed by atoms with Gasteiger partial charge in [0.15, 0.2) is 0 Å². The molecule has 0 radical (unpaired) electrons. The van der Waals surface area contributed by atoms with E-state index in [0.717, 1.165) is 26.1 Å². The zero-order chi connectivity index (χ0) is 14.5. The molecular weight excluding hydrogens is 256 g/mol. The van der Waals surface area contributed by atoms with Gasteiger partial charge in [0, 0.05) is 25.3 Å². The summed E-state index contributed by atoms with van der Waals surface area (Å²) in [6.45, 7) is 6.98. The van der Waals surface area contributed by atoms with E-state index < -0.39 is 0 Å². The van der Waals surface area contributed by atoms with Crippen molar-refractivity contribution in [3.63, 3.8) is 0 Å². The molecule has 0 amide bonds. The molecule has 1 aromatic heterocycles. The zero-order valence-electron chi connectivity index (χ0n) is 12.1. The third-order valence-corrected chi connectivity index (χ3v) is 3.65. The summed E-state index contributed by atoms with van der Waals surface area (Å²) in [5.41, 5.74) is 0.796. The Kier molecular flexibility index (Phi) is 4.89. The highest BCUT2D eigenvalue weighted by molar-refractivity contribution is 5.61. The first-order valence-electron chi connectivity index (χ1n) is 7.14. The van der Waals surface area contributed by atoms with E-state index in [1.165, 1.54) is 12.6 Å². The van der Waals surface area contributed by atoms with Crippen LogP contribution in [0.25, 0.3) is 0 Å². The van der Waals surface area contributed by atoms with Crippen molar-refractivity contribution in [1.29, 1.82) is 0 Å². The molecule has 2 heterocycles. The molecule has 110 valence electrons. The molecule has 1 aromatic rings. The fourth-order valence-electron chi connectivity index (χ4n) is 2.64. The van der Waals surface area contributed by atoms with Gasteiger partial charge in [-0.3, -0.25) is 15.1 Å². The lowest BCUT2D eigenvalue weighted by Gasteiger charge is -2.34. The second-order valence-corrected chi connectivity index (χ2v) is 5.64. The second kappa shape index (κ2) is 6.65. The number of rotatable bonds is 5. The number of hydrogen-bond donors (Lipinski definition) is 1. The summed E-state index contributed by atoms with van der Waals surface area (Å²) in [6.07, 6.45) is 5.21. The van der Waals surface area contributed by atoms with Crippen molar-refractivity contribution in [2.45, 2.75) is 32.7 Å². The van der Waals surface area contributed by atoms with Crippen molar-refractivity contribution in [1.82, 2.24) is 10.3 Å². The maximum atomic E-state index is 11.1. The van der Waals surface area contributed by atoms with Crippen molar-refractivity contribution in [2.75, 3.05) is 24.5 Å². The largest absolute Gasteiger partial charge is 0.366 e. The van der Waals surface area contributed by atoms with Crippen LogP contribution in [0.3, 0.4) is 0 Å². The van der Waals surface area contributed by atoms with Crippen LogP contribution in [0.1, 0.15) is 26.7 Å². The van der Waals surface area contributed by atoms with Crippen LogP contribution in [-0.2, 0) is 0 Å². The van der Waals surface area contributed by atoms with E-state index in [1.54, 1.807) is 12.3 Å². The van der Waals surface area contributed by atoms with Gasteiger partial charge in [0.2, 0.25) is 0 Å². The van der Waals surface area contributed by atoms with E-state index in [-0.39, 0.29) is 10.6 Å². The Morgan fingerprint density at radius 1 is 1.60 bits per heavy atom. The summed E-state index contributed by atoms with van der Waals surface area (Å²) in [5.74, 6) is 0.541. The molecular formula is C14H22N4O2. The molecule has 0 bridgehead atoms. The van der Waals surface area contributed by atoms with Gasteiger partial charge in [0.25, 0.3) is 0 Å². The Morgan fingerprint density at radius 2 is 2.40 bits per heavy atom. The zero-order valence-corrected chi connectivity index (χ0v) is 12.1. The first-order chi connectivity index (χ1) is 9.58. The number of pyridine rings is 1. The lowest BCUT2D eigenvalue weighted by atomic mass is 9.97. The van der Waals surface area contributed by atoms with Crippen molar-refractivity contribution < 1.29 is 4.92 Å². The SMILES string of the molecule is CC(C)NCC1CCCN(c2ccncc2[N+](=O)[O-])C1. The van der Waals surface area contributed by atoms with E-state index in [1.807, 2.05) is 0 Å². The number of nitrogens with zero attached hydrogens (tertiary/aromatic N) is 3. The van der Waals surface area contributed by atoms with Crippen LogP contribution in [-0.4, -0.2) is 35.6 Å². The van der Waals surface area contributed by atoms with Crippen LogP contribution in [0.2, 0.25) is 0 Å². The molecule has 0 saturated carbocycles. The number of nitrogens with one attached hydrogen (secondary N) is 1. The Bertz CT molecular complexity index is 464. The van der Waals surface area contributed by atoms with Crippen LogP contribution in [0.4, 0.5) is 11.4 Å². The standard InChI is InChI=1S/C14H22N4O2/c1-11(2)16-8-12-4-3-7-17(10-12)13-5-6-15-9-14(13)18(19)20/h5-6,9,11-12,16H,3-4,7-8,10H2,1-2H3. The predicted octanol–water partition coefficient (Wildman–Crippen LogP) is 2.20. The Balaban J connectivity index is 2.07. The van der Waals surface area contributed by atoms with Gasteiger partial charge >= 0.3 is 5.69 Å². The minimum atomic E-state index is -0.349. The molecule has 1 fully saturated rings. The average molecular weight is 278 g/mol. The molecule has 0 aliphatic carbocycles. The van der Waals surface area contributed by atoms with Gasteiger partial charge in [-0.25, -0.2) is 0 Å². The summed E-state index contributed by atoms with van der Waals surface area (Å²) in [7, 11) is 0. The molecule has 6 heteroatoms. The molecule has 1 unspecified atom stereocenters. The van der Waals surface area contributed by atoms with Crippen LogP contribution < -0.4 is 10.2 Å². The molecule has 1 saturated heterocycles. The van der Waals surface area contributed by atoms with E-state index in [0.29, 0.717) is 17.6 Å². The highest BCUT2D eigenvalue weighted by Crippen LogP contribution is 2.30. The predicted molar refractivity (Wildman–Crippen MR) is 79.0 cm³/mol. The maximum Gasteiger partial charge on any atom is 0.310 e. The van der Waals surface area contributed by atoms with Crippen molar-refractivity contribution in [3.8, 4) is 0 Å². The first kappa shape index (κ1) is 14.7. The van der Waals surface area contributed by atoms with Gasteiger partial charge in [-0.1, -0.05) is 13.8 Å². The highest BCUT2D eigenvalue weighted by Gasteiger charge is 2.25. The monoisotopic (exact) mass is 278 g/mol. The normalized spacial score (nSPS) is 19.4. The highest BCUT2D eigenvalue weighted by atomic mass is 16.6. The molecule has 1 aliphatic heterocycles. The first-order valence-corrected chi connectivity index (χ1v) is 7.14. The third-order valence-electron chi connectivity index (χ3n) is 3.65. The van der Waals surface area contributed by atoms with E-state index in [9.17, 15) is 10.1 Å². The molecule has 20 heavy (non-hydrogen) atoms. The van der Waals surface area contributed by atoms with E-state index in [4.69, 9.17) is 0 Å². The van der Waals surface area contributed by atoms with Gasteiger partial charge in [-0.05, 0) is 31.4 Å². The molecule has 1 N–H and O–H groups in total. The van der Waals surface area contributed by atoms with E-state index >= 15 is 0 Å². The topological polar surface area (TPSA) is 71.3 Å². The number of aromatic nitrogens is 1. The van der Waals surface area contributed by atoms with Crippen molar-refractivity contribution in [3.05, 3.63) is 28.6 Å². The molecule has 0 aromatic carbocycles. The lowest BCUT2D eigenvalue weighted by Crippen LogP contribution is -2.41. The summed E-state index contributed by atoms with van der Waals surface area (Å²) in [6, 6.07) is 2.22. The maximum absolute atomic E-state index is 11.1. The van der Waals surface area contributed by atoms with Gasteiger partial charge in [-0.15, -0.1) is 0 Å². The fraction of sp³-hybridized carbons (Fsp3) is 0.643. The second-order valence-electron chi connectivity index (χ2n) is 5.64. The third kappa shape index (κ3) is 3.66. The van der Waals surface area contributed by atoms with Gasteiger partial charge in [0.1, 0.15) is 11.9 Å². The minimum Gasteiger partial charge on any atom is -0.366 e. The van der Waals surface area contributed by atoms with Crippen LogP contribution in [0, 0.1) is 16.0 Å². The van der Waals surface area contributed by atoms with Crippen LogP contribution >= 0.6 is 0 Å². The number of hydrogen-bond acceptors (Lipinski definition) is 5. The molecule has 0 spiro atoms. The van der Waals surface area contributed by atoms with Crippen molar-refractivity contribution >= 4 is 11.4 Å². The van der Waals surface area contributed by atoms with Crippen LogP contribution in [0.5, 0.6) is 0 Å². The van der Waals surface area contributed by atoms with Gasteiger partial charge < -0.3 is 10.2 Å². The van der Waals surface area contributed by atoms with E-state index in [2.05, 4.69) is 29.0 Å². The average Bonchev–Trinajstić information content (AvgIpc) is 2.45. The summed E-state index contributed by atoms with van der Waals surface area (Å²) in [5, 5.41) is 14.5.